The van der Waals surface area contributed by atoms with E-state index < -0.39 is 11.6 Å². The summed E-state index contributed by atoms with van der Waals surface area (Å²) in [6.45, 7) is 0.321. The number of halogens is 2. The van der Waals surface area contributed by atoms with Gasteiger partial charge in [-0.15, -0.1) is 0 Å². The normalized spacial score (nSPS) is 10.6. The van der Waals surface area contributed by atoms with Crippen molar-refractivity contribution in [3.05, 3.63) is 47.3 Å². The van der Waals surface area contributed by atoms with Gasteiger partial charge in [0.15, 0.2) is 0 Å². The summed E-state index contributed by atoms with van der Waals surface area (Å²) in [6.07, 6.45) is 3.41. The van der Waals surface area contributed by atoms with E-state index in [4.69, 9.17) is 11.1 Å². The summed E-state index contributed by atoms with van der Waals surface area (Å²) in [6, 6.07) is 2.11. The number of anilines is 1. The van der Waals surface area contributed by atoms with E-state index >= 15 is 0 Å². The lowest BCUT2D eigenvalue weighted by molar-refractivity contribution is 0.576. The lowest BCUT2D eigenvalue weighted by Gasteiger charge is -2.20. The van der Waals surface area contributed by atoms with Gasteiger partial charge in [-0.2, -0.15) is 5.10 Å². The van der Waals surface area contributed by atoms with Crippen molar-refractivity contribution in [2.75, 3.05) is 11.9 Å². The molecule has 106 valence electrons. The van der Waals surface area contributed by atoms with Gasteiger partial charge in [0.05, 0.1) is 6.20 Å². The molecule has 2 rings (SSSR count). The van der Waals surface area contributed by atoms with Crippen LogP contribution in [0.15, 0.2) is 24.5 Å². The molecule has 7 heteroatoms. The average Bonchev–Trinajstić information content (AvgIpc) is 2.73. The van der Waals surface area contributed by atoms with Gasteiger partial charge in [0, 0.05) is 38.0 Å². The monoisotopic (exact) mass is 279 g/mol. The molecule has 0 spiro atoms. The summed E-state index contributed by atoms with van der Waals surface area (Å²) in [7, 11) is 3.36. The Bertz CT molecular complexity index is 627. The fourth-order valence-corrected chi connectivity index (χ4v) is 1.99. The molecule has 0 fully saturated rings. The number of nitrogens with zero attached hydrogens (tertiary/aromatic N) is 3. The third-order valence-corrected chi connectivity index (χ3v) is 2.89. The number of hydrogen-bond acceptors (Lipinski definition) is 3. The zero-order valence-electron chi connectivity index (χ0n) is 11.2. The van der Waals surface area contributed by atoms with Gasteiger partial charge in [-0.1, -0.05) is 0 Å². The van der Waals surface area contributed by atoms with E-state index in [1.165, 1.54) is 4.90 Å². The Labute approximate surface area is 115 Å². The van der Waals surface area contributed by atoms with Crippen LogP contribution >= 0.6 is 0 Å². The number of aryl methyl sites for hydroxylation is 1. The zero-order chi connectivity index (χ0) is 14.9. The maximum absolute atomic E-state index is 14.0. The van der Waals surface area contributed by atoms with Crippen LogP contribution < -0.4 is 10.6 Å². The van der Waals surface area contributed by atoms with E-state index in [1.807, 2.05) is 0 Å². The molecule has 1 heterocycles. The highest BCUT2D eigenvalue weighted by atomic mass is 19.1. The van der Waals surface area contributed by atoms with Crippen LogP contribution in [0.3, 0.4) is 0 Å². The van der Waals surface area contributed by atoms with Crippen molar-refractivity contribution in [1.82, 2.24) is 9.78 Å². The number of nitrogens with two attached hydrogens (primary N) is 1. The van der Waals surface area contributed by atoms with Gasteiger partial charge in [0.1, 0.15) is 23.2 Å². The minimum absolute atomic E-state index is 0.0264. The van der Waals surface area contributed by atoms with Crippen LogP contribution in [0.4, 0.5) is 14.5 Å². The van der Waals surface area contributed by atoms with E-state index in [9.17, 15) is 8.78 Å². The fraction of sp³-hybridized carbons (Fsp3) is 0.231. The molecule has 0 saturated heterocycles. The number of rotatable bonds is 4. The van der Waals surface area contributed by atoms with Crippen LogP contribution in [0.2, 0.25) is 0 Å². The number of nitrogens with one attached hydrogen (secondary N) is 1. The minimum atomic E-state index is -0.749. The summed E-state index contributed by atoms with van der Waals surface area (Å²) in [5.41, 5.74) is 5.94. The maximum atomic E-state index is 14.0. The first-order valence-corrected chi connectivity index (χ1v) is 5.90. The maximum Gasteiger partial charge on any atom is 0.150 e. The Morgan fingerprint density at radius 2 is 2.00 bits per heavy atom. The Kier molecular flexibility index (Phi) is 3.69. The van der Waals surface area contributed by atoms with E-state index in [2.05, 4.69) is 5.10 Å². The highest BCUT2D eigenvalue weighted by Gasteiger charge is 2.16. The molecule has 0 radical (unpaired) electrons. The van der Waals surface area contributed by atoms with Crippen molar-refractivity contribution in [2.24, 2.45) is 12.8 Å². The molecule has 5 nitrogen and oxygen atoms in total. The van der Waals surface area contributed by atoms with Crippen LogP contribution in [0, 0.1) is 17.0 Å². The predicted octanol–water partition coefficient (Wildman–Crippen LogP) is 1.62. The van der Waals surface area contributed by atoms with Crippen molar-refractivity contribution in [3.63, 3.8) is 0 Å². The fourth-order valence-electron chi connectivity index (χ4n) is 1.99. The highest BCUT2D eigenvalue weighted by Crippen LogP contribution is 2.25. The largest absolute Gasteiger partial charge is 0.384 e. The summed E-state index contributed by atoms with van der Waals surface area (Å²) in [5, 5.41) is 11.2. The van der Waals surface area contributed by atoms with E-state index in [1.54, 1.807) is 31.2 Å². The Morgan fingerprint density at radius 3 is 2.45 bits per heavy atom. The molecule has 0 aliphatic heterocycles. The predicted molar refractivity (Wildman–Crippen MR) is 72.7 cm³/mol. The Balaban J connectivity index is 2.30. The number of nitrogen functional groups attached to an aromatic ring is 1. The molecule has 0 bridgehead atoms. The van der Waals surface area contributed by atoms with Crippen molar-refractivity contribution in [1.29, 1.82) is 5.41 Å². The molecule has 0 amide bonds. The van der Waals surface area contributed by atoms with Gasteiger partial charge in [-0.3, -0.25) is 10.1 Å². The summed E-state index contributed by atoms with van der Waals surface area (Å²) < 4.78 is 29.6. The molecular weight excluding hydrogens is 264 g/mol. The molecule has 3 N–H and O–H groups in total. The van der Waals surface area contributed by atoms with Crippen LogP contribution in [0.5, 0.6) is 0 Å². The molecule has 0 aliphatic carbocycles. The number of hydrogen-bond donors (Lipinski definition) is 2. The van der Waals surface area contributed by atoms with Crippen molar-refractivity contribution in [2.45, 2.75) is 6.54 Å². The topological polar surface area (TPSA) is 70.9 Å². The number of benzene rings is 1. The van der Waals surface area contributed by atoms with E-state index in [0.29, 0.717) is 6.54 Å². The molecule has 2 aromatic rings. The second-order valence-electron chi connectivity index (χ2n) is 4.58. The van der Waals surface area contributed by atoms with Crippen LogP contribution in [-0.2, 0) is 13.6 Å². The molecule has 1 aromatic carbocycles. The first-order valence-electron chi connectivity index (χ1n) is 5.90. The van der Waals surface area contributed by atoms with Crippen LogP contribution in [-0.4, -0.2) is 22.7 Å². The summed E-state index contributed by atoms with van der Waals surface area (Å²) in [4.78, 5) is 1.45. The molecular formula is C13H15F2N5. The van der Waals surface area contributed by atoms with Gasteiger partial charge in [-0.05, 0) is 12.1 Å². The van der Waals surface area contributed by atoms with E-state index in [-0.39, 0.29) is 17.1 Å². The highest BCUT2D eigenvalue weighted by molar-refractivity contribution is 5.95. The van der Waals surface area contributed by atoms with Crippen molar-refractivity contribution >= 4 is 11.5 Å². The smallest absolute Gasteiger partial charge is 0.150 e. The first-order chi connectivity index (χ1) is 9.38. The molecule has 0 atom stereocenters. The van der Waals surface area contributed by atoms with Gasteiger partial charge in [0.2, 0.25) is 0 Å². The van der Waals surface area contributed by atoms with Crippen LogP contribution in [0.25, 0.3) is 0 Å². The lowest BCUT2D eigenvalue weighted by atomic mass is 10.1. The zero-order valence-corrected chi connectivity index (χ0v) is 11.2. The Morgan fingerprint density at radius 1 is 1.40 bits per heavy atom. The molecule has 0 saturated carbocycles. The Hall–Kier alpha value is -2.44. The van der Waals surface area contributed by atoms with Gasteiger partial charge >= 0.3 is 0 Å². The number of aromatic nitrogens is 2. The molecule has 20 heavy (non-hydrogen) atoms. The van der Waals surface area contributed by atoms with Gasteiger partial charge in [0.25, 0.3) is 0 Å². The SMILES string of the molecule is CN(Cc1cnn(C)c1)c1c(F)cc(C(=N)N)cc1F. The van der Waals surface area contributed by atoms with Gasteiger partial charge < -0.3 is 10.6 Å². The molecule has 1 aromatic heterocycles. The minimum Gasteiger partial charge on any atom is -0.384 e. The van der Waals surface area contributed by atoms with Gasteiger partial charge in [-0.25, -0.2) is 8.78 Å². The molecule has 0 unspecified atom stereocenters. The summed E-state index contributed by atoms with van der Waals surface area (Å²) in [5.74, 6) is -1.87. The average molecular weight is 279 g/mol. The second-order valence-corrected chi connectivity index (χ2v) is 4.58. The number of amidine groups is 1. The van der Waals surface area contributed by atoms with Crippen molar-refractivity contribution in [3.8, 4) is 0 Å². The van der Waals surface area contributed by atoms with Crippen molar-refractivity contribution < 1.29 is 8.78 Å². The standard InChI is InChI=1S/C13H15F2N5/c1-19(6-8-5-18-20(2)7-8)12-10(14)3-9(13(16)17)4-11(12)15/h3-5,7H,6H2,1-2H3,(H3,16,17). The lowest BCUT2D eigenvalue weighted by Crippen LogP contribution is -2.20. The van der Waals surface area contributed by atoms with Crippen LogP contribution in [0.1, 0.15) is 11.1 Å². The third kappa shape index (κ3) is 2.76. The second kappa shape index (κ2) is 5.28. The molecule has 0 aliphatic rings. The quantitative estimate of drug-likeness (QED) is 0.660. The first kappa shape index (κ1) is 14.0. The summed E-state index contributed by atoms with van der Waals surface area (Å²) >= 11 is 0. The van der Waals surface area contributed by atoms with E-state index in [0.717, 1.165) is 17.7 Å². The third-order valence-electron chi connectivity index (χ3n) is 2.89.